The van der Waals surface area contributed by atoms with E-state index < -0.39 is 6.29 Å². The van der Waals surface area contributed by atoms with E-state index in [-0.39, 0.29) is 35.4 Å². The monoisotopic (exact) mass is 278 g/mol. The van der Waals surface area contributed by atoms with Crippen LogP contribution in [-0.4, -0.2) is 30.6 Å². The van der Waals surface area contributed by atoms with Crippen LogP contribution in [0.25, 0.3) is 0 Å². The number of hydrogen-bond acceptors (Lipinski definition) is 4. The van der Waals surface area contributed by atoms with Crippen LogP contribution in [0.3, 0.4) is 0 Å². The van der Waals surface area contributed by atoms with Crippen molar-refractivity contribution in [1.29, 1.82) is 0 Å². The van der Waals surface area contributed by atoms with Crippen molar-refractivity contribution in [2.24, 2.45) is 17.8 Å². The van der Waals surface area contributed by atoms with Crippen LogP contribution in [0.2, 0.25) is 5.02 Å². The Labute approximate surface area is 114 Å². The highest BCUT2D eigenvalue weighted by Gasteiger charge is 2.68. The summed E-state index contributed by atoms with van der Waals surface area (Å²) in [5, 5.41) is 0.594. The van der Waals surface area contributed by atoms with Crippen molar-refractivity contribution in [1.82, 2.24) is 0 Å². The summed E-state index contributed by atoms with van der Waals surface area (Å²) < 4.78 is 10.7. The number of carbonyl (C=O) groups excluding carboxylic acids is 2. The lowest BCUT2D eigenvalue weighted by Crippen LogP contribution is -2.30. The Kier molecular flexibility index (Phi) is 2.37. The first kappa shape index (κ1) is 11.6. The molecule has 0 radical (unpaired) electrons. The number of ketones is 2. The molecular formula is C14H11ClO4. The molecule has 0 spiro atoms. The summed E-state index contributed by atoms with van der Waals surface area (Å²) in [6.45, 7) is 0.419. The summed E-state index contributed by atoms with van der Waals surface area (Å²) in [7, 11) is 0. The van der Waals surface area contributed by atoms with Gasteiger partial charge in [0.05, 0.1) is 12.7 Å². The topological polar surface area (TPSA) is 52.6 Å². The van der Waals surface area contributed by atoms with Gasteiger partial charge in [-0.2, -0.15) is 0 Å². The number of halogens is 1. The lowest BCUT2D eigenvalue weighted by molar-refractivity contribution is -0.153. The summed E-state index contributed by atoms with van der Waals surface area (Å²) in [5.74, 6) is -0.529. The van der Waals surface area contributed by atoms with Gasteiger partial charge in [-0.3, -0.25) is 9.59 Å². The van der Waals surface area contributed by atoms with Crippen molar-refractivity contribution < 1.29 is 19.1 Å². The first-order valence-electron chi connectivity index (χ1n) is 6.27. The van der Waals surface area contributed by atoms with Crippen LogP contribution < -0.4 is 0 Å². The van der Waals surface area contributed by atoms with E-state index >= 15 is 0 Å². The van der Waals surface area contributed by atoms with Gasteiger partial charge in [-0.25, -0.2) is 0 Å². The van der Waals surface area contributed by atoms with E-state index in [4.69, 9.17) is 21.1 Å². The molecule has 1 aromatic rings. The average Bonchev–Trinajstić information content (AvgIpc) is 3.02. The third-order valence-corrected chi connectivity index (χ3v) is 4.46. The maximum Gasteiger partial charge on any atom is 0.218 e. The average molecular weight is 279 g/mol. The zero-order valence-corrected chi connectivity index (χ0v) is 10.7. The molecule has 1 aliphatic carbocycles. The van der Waals surface area contributed by atoms with Crippen molar-refractivity contribution >= 4 is 23.2 Å². The standard InChI is InChI=1S/C14H11ClO4/c15-7-3-1-6(2-4-7)12(16)10-9-8-5-18-14(19-8)13(17)11(9)10/h1-4,8-11,14H,5H2/t8-,9+,10?,11+,14-/m1/s1. The van der Waals surface area contributed by atoms with Crippen LogP contribution in [0.1, 0.15) is 10.4 Å². The molecule has 5 heteroatoms. The highest BCUT2D eigenvalue weighted by molar-refractivity contribution is 6.30. The Morgan fingerprint density at radius 1 is 1.26 bits per heavy atom. The molecule has 4 rings (SSSR count). The van der Waals surface area contributed by atoms with Gasteiger partial charge in [0.25, 0.3) is 0 Å². The van der Waals surface area contributed by atoms with Gasteiger partial charge < -0.3 is 9.47 Å². The van der Waals surface area contributed by atoms with Gasteiger partial charge in [-0.1, -0.05) is 11.6 Å². The Hall–Kier alpha value is -1.23. The second kappa shape index (κ2) is 3.88. The second-order valence-electron chi connectivity index (χ2n) is 5.24. The molecule has 2 bridgehead atoms. The van der Waals surface area contributed by atoms with Crippen LogP contribution in [0.15, 0.2) is 24.3 Å². The molecular weight excluding hydrogens is 268 g/mol. The largest absolute Gasteiger partial charge is 0.343 e. The summed E-state index contributed by atoms with van der Waals surface area (Å²) in [6.07, 6.45) is -0.844. The molecule has 4 nitrogen and oxygen atoms in total. The van der Waals surface area contributed by atoms with Gasteiger partial charge in [0.15, 0.2) is 11.6 Å². The molecule has 2 saturated heterocycles. The van der Waals surface area contributed by atoms with E-state index in [1.807, 2.05) is 0 Å². The maximum absolute atomic E-state index is 12.4. The summed E-state index contributed by atoms with van der Waals surface area (Å²) >= 11 is 5.81. The predicted octanol–water partition coefficient (Wildman–Crippen LogP) is 1.71. The SMILES string of the molecule is O=C(c1ccc(Cl)cc1)C1[C@H]2[C@@H]1C(=O)[C@@H]1OC[C@H]2O1. The summed E-state index contributed by atoms with van der Waals surface area (Å²) in [5.41, 5.74) is 0.605. The molecule has 0 aromatic heterocycles. The zero-order valence-electron chi connectivity index (χ0n) is 9.91. The van der Waals surface area contributed by atoms with Gasteiger partial charge in [0.1, 0.15) is 0 Å². The fourth-order valence-electron chi connectivity index (χ4n) is 3.24. The number of fused-ring (bicyclic) bond motifs is 4. The van der Waals surface area contributed by atoms with Crippen molar-refractivity contribution in [3.63, 3.8) is 0 Å². The lowest BCUT2D eigenvalue weighted by atomic mass is 10.0. The van der Waals surface area contributed by atoms with E-state index in [9.17, 15) is 9.59 Å². The molecule has 2 heterocycles. The Morgan fingerprint density at radius 2 is 2.00 bits per heavy atom. The van der Waals surface area contributed by atoms with Gasteiger partial charge in [0, 0.05) is 28.3 Å². The molecule has 1 saturated carbocycles. The summed E-state index contributed by atoms with van der Waals surface area (Å²) in [4.78, 5) is 24.4. The van der Waals surface area contributed by atoms with Crippen molar-refractivity contribution in [2.75, 3.05) is 6.61 Å². The first-order chi connectivity index (χ1) is 9.16. The number of carbonyl (C=O) groups is 2. The molecule has 3 fully saturated rings. The molecule has 5 atom stereocenters. The molecule has 0 amide bonds. The van der Waals surface area contributed by atoms with E-state index in [0.29, 0.717) is 17.2 Å². The Bertz CT molecular complexity index is 567. The highest BCUT2D eigenvalue weighted by Crippen LogP contribution is 2.57. The minimum absolute atomic E-state index is 0.00516. The first-order valence-corrected chi connectivity index (χ1v) is 6.65. The molecule has 0 N–H and O–H groups in total. The quantitative estimate of drug-likeness (QED) is 0.773. The van der Waals surface area contributed by atoms with Gasteiger partial charge in [0.2, 0.25) is 6.29 Å². The zero-order chi connectivity index (χ0) is 13.1. The van der Waals surface area contributed by atoms with Crippen molar-refractivity contribution in [2.45, 2.75) is 12.4 Å². The van der Waals surface area contributed by atoms with Gasteiger partial charge in [-0.05, 0) is 24.3 Å². The third-order valence-electron chi connectivity index (χ3n) is 4.21. The normalized spacial score (nSPS) is 39.0. The van der Waals surface area contributed by atoms with Crippen LogP contribution in [-0.2, 0) is 14.3 Å². The number of Topliss-reactive ketones (excluding diaryl/α,β-unsaturated/α-hetero) is 2. The molecule has 98 valence electrons. The Balaban J connectivity index is 1.60. The smallest absolute Gasteiger partial charge is 0.218 e. The molecule has 1 aromatic carbocycles. The second-order valence-corrected chi connectivity index (χ2v) is 5.68. The van der Waals surface area contributed by atoms with Crippen LogP contribution in [0, 0.1) is 17.8 Å². The minimum Gasteiger partial charge on any atom is -0.343 e. The molecule has 1 unspecified atom stereocenters. The van der Waals surface area contributed by atoms with Crippen molar-refractivity contribution in [3.8, 4) is 0 Å². The van der Waals surface area contributed by atoms with E-state index in [1.54, 1.807) is 24.3 Å². The fraction of sp³-hybridized carbons (Fsp3) is 0.429. The molecule has 3 aliphatic rings. The summed E-state index contributed by atoms with van der Waals surface area (Å²) in [6, 6.07) is 6.78. The third kappa shape index (κ3) is 1.60. The van der Waals surface area contributed by atoms with E-state index in [2.05, 4.69) is 0 Å². The minimum atomic E-state index is -0.741. The molecule has 2 aliphatic heterocycles. The lowest BCUT2D eigenvalue weighted by Gasteiger charge is -2.14. The predicted molar refractivity (Wildman–Crippen MR) is 65.9 cm³/mol. The Morgan fingerprint density at radius 3 is 2.74 bits per heavy atom. The number of hydrogen-bond donors (Lipinski definition) is 0. The molecule has 19 heavy (non-hydrogen) atoms. The van der Waals surface area contributed by atoms with E-state index in [0.717, 1.165) is 0 Å². The van der Waals surface area contributed by atoms with Crippen LogP contribution in [0.4, 0.5) is 0 Å². The van der Waals surface area contributed by atoms with Gasteiger partial charge >= 0.3 is 0 Å². The van der Waals surface area contributed by atoms with Crippen LogP contribution >= 0.6 is 11.6 Å². The van der Waals surface area contributed by atoms with Gasteiger partial charge in [-0.15, -0.1) is 0 Å². The van der Waals surface area contributed by atoms with E-state index in [1.165, 1.54) is 0 Å². The number of benzene rings is 1. The number of rotatable bonds is 2. The highest BCUT2D eigenvalue weighted by atomic mass is 35.5. The fourth-order valence-corrected chi connectivity index (χ4v) is 3.36. The maximum atomic E-state index is 12.4. The van der Waals surface area contributed by atoms with Crippen LogP contribution in [0.5, 0.6) is 0 Å². The number of ether oxygens (including phenoxy) is 2. The van der Waals surface area contributed by atoms with Crippen molar-refractivity contribution in [3.05, 3.63) is 34.9 Å².